The molecule has 0 aliphatic rings. The van der Waals surface area contributed by atoms with Crippen molar-refractivity contribution in [2.45, 2.75) is 20.0 Å². The Kier molecular flexibility index (Phi) is 4.60. The number of nitrogens with zero attached hydrogens (tertiary/aromatic N) is 3. The fraction of sp³-hybridized carbons (Fsp3) is 0.385. The second-order valence-corrected chi connectivity index (χ2v) is 4.21. The van der Waals surface area contributed by atoms with E-state index in [0.29, 0.717) is 6.54 Å². The van der Waals surface area contributed by atoms with Crippen LogP contribution >= 0.6 is 0 Å². The molecule has 6 heteroatoms. The van der Waals surface area contributed by atoms with Gasteiger partial charge in [0.05, 0.1) is 25.5 Å². The Balaban J connectivity index is 1.71. The van der Waals surface area contributed by atoms with Crippen LogP contribution in [0.5, 0.6) is 0 Å². The van der Waals surface area contributed by atoms with E-state index in [-0.39, 0.29) is 0 Å². The number of guanidine groups is 1. The van der Waals surface area contributed by atoms with Crippen molar-refractivity contribution in [2.24, 2.45) is 4.99 Å². The van der Waals surface area contributed by atoms with Crippen molar-refractivity contribution in [3.63, 3.8) is 0 Å². The van der Waals surface area contributed by atoms with Gasteiger partial charge in [-0.3, -0.25) is 9.67 Å². The Morgan fingerprint density at radius 2 is 2.37 bits per heavy atom. The van der Waals surface area contributed by atoms with Gasteiger partial charge in [-0.15, -0.1) is 0 Å². The van der Waals surface area contributed by atoms with Gasteiger partial charge in [-0.05, 0) is 24.6 Å². The van der Waals surface area contributed by atoms with E-state index in [4.69, 9.17) is 4.42 Å². The molecule has 2 N–H and O–H groups in total. The molecule has 0 amide bonds. The molecule has 0 saturated carbocycles. The van der Waals surface area contributed by atoms with E-state index in [1.165, 1.54) is 5.56 Å². The molecule has 0 fully saturated rings. The minimum absolute atomic E-state index is 0.619. The molecule has 2 rings (SSSR count). The van der Waals surface area contributed by atoms with E-state index in [1.54, 1.807) is 13.3 Å². The van der Waals surface area contributed by atoms with Crippen molar-refractivity contribution in [3.8, 4) is 0 Å². The molecular weight excluding hydrogens is 242 g/mol. The molecule has 2 aromatic rings. The molecule has 0 aliphatic carbocycles. The quantitative estimate of drug-likeness (QED) is 0.626. The third-order valence-electron chi connectivity index (χ3n) is 2.63. The molecule has 0 radical (unpaired) electrons. The maximum absolute atomic E-state index is 5.25. The summed E-state index contributed by atoms with van der Waals surface area (Å²) in [5, 5.41) is 10.6. The highest BCUT2D eigenvalue weighted by Crippen LogP contribution is 1.98. The molecular formula is C13H19N5O. The first-order valence-electron chi connectivity index (χ1n) is 6.24. The normalized spacial score (nSPS) is 11.6. The summed E-state index contributed by atoms with van der Waals surface area (Å²) in [4.78, 5) is 4.15. The Bertz CT molecular complexity index is 515. The Labute approximate surface area is 112 Å². The first-order chi connectivity index (χ1) is 9.28. The van der Waals surface area contributed by atoms with E-state index in [2.05, 4.69) is 20.7 Å². The highest BCUT2D eigenvalue weighted by atomic mass is 16.3. The minimum atomic E-state index is 0.619. The van der Waals surface area contributed by atoms with Crippen LogP contribution in [0.15, 0.2) is 40.2 Å². The second-order valence-electron chi connectivity index (χ2n) is 4.21. The molecule has 0 unspecified atom stereocenters. The average molecular weight is 261 g/mol. The lowest BCUT2D eigenvalue weighted by Gasteiger charge is -2.10. The predicted octanol–water partition coefficient (Wildman–Crippen LogP) is 1.15. The van der Waals surface area contributed by atoms with Crippen LogP contribution in [0.1, 0.15) is 11.3 Å². The van der Waals surface area contributed by atoms with Crippen molar-refractivity contribution in [1.82, 2.24) is 20.4 Å². The van der Waals surface area contributed by atoms with Gasteiger partial charge >= 0.3 is 0 Å². The summed E-state index contributed by atoms with van der Waals surface area (Å²) in [5.74, 6) is 1.63. The number of nitrogens with one attached hydrogen (secondary N) is 2. The third-order valence-corrected chi connectivity index (χ3v) is 2.63. The molecule has 19 heavy (non-hydrogen) atoms. The first-order valence-corrected chi connectivity index (χ1v) is 6.24. The van der Waals surface area contributed by atoms with Gasteiger partial charge in [0.1, 0.15) is 5.76 Å². The number of hydrogen-bond acceptors (Lipinski definition) is 3. The highest BCUT2D eigenvalue weighted by molar-refractivity contribution is 5.79. The van der Waals surface area contributed by atoms with Gasteiger partial charge in [-0.2, -0.15) is 5.10 Å². The van der Waals surface area contributed by atoms with Crippen LogP contribution in [0, 0.1) is 6.92 Å². The summed E-state index contributed by atoms with van der Waals surface area (Å²) in [6.07, 6.45) is 5.53. The average Bonchev–Trinajstić information content (AvgIpc) is 3.05. The molecule has 0 atom stereocenters. The van der Waals surface area contributed by atoms with E-state index < -0.39 is 0 Å². The summed E-state index contributed by atoms with van der Waals surface area (Å²) in [6.45, 7) is 4.21. The van der Waals surface area contributed by atoms with Gasteiger partial charge in [-0.25, -0.2) is 0 Å². The van der Waals surface area contributed by atoms with Gasteiger partial charge in [0.25, 0.3) is 0 Å². The van der Waals surface area contributed by atoms with Crippen LogP contribution in [-0.2, 0) is 13.1 Å². The molecule has 6 nitrogen and oxygen atoms in total. The van der Waals surface area contributed by atoms with Gasteiger partial charge in [0.15, 0.2) is 5.96 Å². The van der Waals surface area contributed by atoms with Crippen LogP contribution < -0.4 is 10.6 Å². The number of furan rings is 1. The molecule has 102 valence electrons. The third kappa shape index (κ3) is 4.17. The zero-order valence-electron chi connectivity index (χ0n) is 11.3. The Hall–Kier alpha value is -2.24. The number of hydrogen-bond donors (Lipinski definition) is 2. The molecule has 2 heterocycles. The number of rotatable bonds is 5. The monoisotopic (exact) mass is 261 g/mol. The van der Waals surface area contributed by atoms with Gasteiger partial charge in [0.2, 0.25) is 0 Å². The molecule has 0 bridgehead atoms. The second kappa shape index (κ2) is 6.63. The molecule has 0 spiro atoms. The maximum atomic E-state index is 5.25. The summed E-state index contributed by atoms with van der Waals surface area (Å²) in [6, 6.07) is 3.79. The number of aryl methyl sites for hydroxylation is 1. The van der Waals surface area contributed by atoms with E-state index in [1.807, 2.05) is 36.1 Å². The van der Waals surface area contributed by atoms with E-state index >= 15 is 0 Å². The lowest BCUT2D eigenvalue weighted by atomic mass is 10.4. The summed E-state index contributed by atoms with van der Waals surface area (Å²) in [7, 11) is 1.75. The van der Waals surface area contributed by atoms with Crippen LogP contribution in [-0.4, -0.2) is 29.3 Å². The fourth-order valence-corrected chi connectivity index (χ4v) is 1.68. The molecule has 2 aromatic heterocycles. The van der Waals surface area contributed by atoms with E-state index in [0.717, 1.165) is 24.8 Å². The molecule has 0 saturated heterocycles. The minimum Gasteiger partial charge on any atom is -0.467 e. The zero-order chi connectivity index (χ0) is 13.5. The highest BCUT2D eigenvalue weighted by Gasteiger charge is 2.00. The largest absolute Gasteiger partial charge is 0.467 e. The van der Waals surface area contributed by atoms with Crippen molar-refractivity contribution >= 4 is 5.96 Å². The summed E-state index contributed by atoms with van der Waals surface area (Å²) < 4.78 is 7.15. The predicted molar refractivity (Wildman–Crippen MR) is 73.9 cm³/mol. The van der Waals surface area contributed by atoms with Gasteiger partial charge in [-0.1, -0.05) is 0 Å². The summed E-state index contributed by atoms with van der Waals surface area (Å²) in [5.41, 5.74) is 1.17. The van der Waals surface area contributed by atoms with Gasteiger partial charge < -0.3 is 15.1 Å². The lowest BCUT2D eigenvalue weighted by Crippen LogP contribution is -2.38. The maximum Gasteiger partial charge on any atom is 0.191 e. The Morgan fingerprint density at radius 3 is 3.00 bits per heavy atom. The van der Waals surface area contributed by atoms with Gasteiger partial charge in [0, 0.05) is 19.8 Å². The zero-order valence-corrected chi connectivity index (χ0v) is 11.3. The van der Waals surface area contributed by atoms with Crippen molar-refractivity contribution in [1.29, 1.82) is 0 Å². The lowest BCUT2D eigenvalue weighted by molar-refractivity contribution is 0.500. The number of aliphatic imine (C=N–C) groups is 1. The summed E-state index contributed by atoms with van der Waals surface area (Å²) >= 11 is 0. The molecule has 0 aromatic carbocycles. The first kappa shape index (κ1) is 13.2. The topological polar surface area (TPSA) is 67.4 Å². The van der Waals surface area contributed by atoms with Crippen molar-refractivity contribution < 1.29 is 4.42 Å². The van der Waals surface area contributed by atoms with Crippen LogP contribution in [0.3, 0.4) is 0 Å². The molecule has 0 aliphatic heterocycles. The smallest absolute Gasteiger partial charge is 0.191 e. The fourth-order valence-electron chi connectivity index (χ4n) is 1.68. The van der Waals surface area contributed by atoms with Crippen molar-refractivity contribution in [3.05, 3.63) is 42.1 Å². The van der Waals surface area contributed by atoms with E-state index in [9.17, 15) is 0 Å². The number of aromatic nitrogens is 2. The van der Waals surface area contributed by atoms with Crippen LogP contribution in [0.4, 0.5) is 0 Å². The standard InChI is InChI=1S/C13H19N5O/c1-11-8-17-18(10-11)6-5-15-13(14-2)16-9-12-4-3-7-19-12/h3-4,7-8,10H,5-6,9H2,1-2H3,(H2,14,15,16). The van der Waals surface area contributed by atoms with Crippen LogP contribution in [0.2, 0.25) is 0 Å². The van der Waals surface area contributed by atoms with Crippen LogP contribution in [0.25, 0.3) is 0 Å². The SMILES string of the molecule is CN=C(NCCn1cc(C)cn1)NCc1ccco1. The van der Waals surface area contributed by atoms with Crippen molar-refractivity contribution in [2.75, 3.05) is 13.6 Å². The Morgan fingerprint density at radius 1 is 1.47 bits per heavy atom.